The van der Waals surface area contributed by atoms with E-state index in [9.17, 15) is 14.0 Å². The minimum absolute atomic E-state index is 0.115. The third kappa shape index (κ3) is 5.86. The lowest BCUT2D eigenvalue weighted by Gasteiger charge is -2.19. The fraction of sp³-hybridized carbons (Fsp3) is 0.545. The van der Waals surface area contributed by atoms with Crippen LogP contribution in [0.2, 0.25) is 0 Å². The fourth-order valence-electron chi connectivity index (χ4n) is 1.12. The van der Waals surface area contributed by atoms with E-state index < -0.39 is 20.0 Å². The van der Waals surface area contributed by atoms with E-state index in [0.717, 1.165) is 4.91 Å². The molecule has 5 nitrogen and oxygen atoms in total. The molecule has 1 heterocycles. The van der Waals surface area contributed by atoms with Gasteiger partial charge in [0.2, 0.25) is 0 Å². The first kappa shape index (κ1) is 17.0. The van der Waals surface area contributed by atoms with Crippen molar-refractivity contribution in [1.82, 2.24) is 4.90 Å². The summed E-state index contributed by atoms with van der Waals surface area (Å²) in [5, 5.41) is 0. The zero-order chi connectivity index (χ0) is 14.8. The maximum Gasteiger partial charge on any atom is 0.179 e. The standard InChI is InChI=1S/C11H18ClNO4S2/c1-11(2,3)10-8-9(6-7-13(4)5)19(18-10)17-12(14,15)16/h6-8H,1-5H3/b7-6+. The summed E-state index contributed by atoms with van der Waals surface area (Å²) in [4.78, 5) is 3.51. The highest BCUT2D eigenvalue weighted by atomic mass is 35.7. The van der Waals surface area contributed by atoms with Crippen molar-refractivity contribution >= 4 is 25.5 Å². The van der Waals surface area contributed by atoms with Gasteiger partial charge in [0.15, 0.2) is 9.80 Å². The second-order valence-corrected chi connectivity index (χ2v) is 9.41. The van der Waals surface area contributed by atoms with Crippen LogP contribution in [0, 0.1) is 15.7 Å². The van der Waals surface area contributed by atoms with E-state index in [2.05, 4.69) is 3.74 Å². The van der Waals surface area contributed by atoms with Crippen molar-refractivity contribution in [3.8, 4) is 0 Å². The van der Waals surface area contributed by atoms with Crippen LogP contribution in [0.25, 0.3) is 0 Å². The van der Waals surface area contributed by atoms with Gasteiger partial charge in [-0.1, -0.05) is 20.8 Å². The zero-order valence-corrected chi connectivity index (χ0v) is 13.9. The lowest BCUT2D eigenvalue weighted by molar-refractivity contribution is -1.91. The Labute approximate surface area is 122 Å². The van der Waals surface area contributed by atoms with Gasteiger partial charge in [0.1, 0.15) is 3.74 Å². The topological polar surface area (TPSA) is 81.7 Å². The predicted octanol–water partition coefficient (Wildman–Crippen LogP) is -0.0763. The van der Waals surface area contributed by atoms with E-state index in [1.165, 1.54) is 10.8 Å². The van der Waals surface area contributed by atoms with Gasteiger partial charge in [0.05, 0.1) is 15.1 Å². The molecule has 19 heavy (non-hydrogen) atoms. The quantitative estimate of drug-likeness (QED) is 0.408. The average molecular weight is 328 g/mol. The van der Waals surface area contributed by atoms with Crippen molar-refractivity contribution in [1.29, 1.82) is 0 Å². The summed E-state index contributed by atoms with van der Waals surface area (Å²) < 4.78 is 36.8. The second-order valence-electron chi connectivity index (χ2n) is 5.20. The molecule has 0 aromatic heterocycles. The van der Waals surface area contributed by atoms with Crippen LogP contribution in [0.4, 0.5) is 0 Å². The fourth-order valence-corrected chi connectivity index (χ4v) is 6.00. The number of halogens is 1. The molecule has 110 valence electrons. The smallest absolute Gasteiger partial charge is 0.179 e. The van der Waals surface area contributed by atoms with Gasteiger partial charge in [0.25, 0.3) is 0 Å². The van der Waals surface area contributed by atoms with Crippen LogP contribution in [0.15, 0.2) is 23.3 Å². The maximum absolute atomic E-state index is 10.7. The van der Waals surface area contributed by atoms with Crippen LogP contribution in [0.1, 0.15) is 20.8 Å². The molecule has 1 aliphatic heterocycles. The van der Waals surface area contributed by atoms with Gasteiger partial charge in [-0.3, -0.25) is 0 Å². The number of hydrogen-bond donors (Lipinski definition) is 0. The van der Waals surface area contributed by atoms with Crippen molar-refractivity contribution < 1.29 is 28.0 Å². The first-order valence-electron chi connectivity index (χ1n) is 5.46. The van der Waals surface area contributed by atoms with Gasteiger partial charge in [-0.15, -0.1) is 0 Å². The summed E-state index contributed by atoms with van der Waals surface area (Å²) in [5.74, 6) is 0. The summed E-state index contributed by atoms with van der Waals surface area (Å²) in [6, 6.07) is 0. The van der Waals surface area contributed by atoms with Crippen molar-refractivity contribution in [3.63, 3.8) is 0 Å². The van der Waals surface area contributed by atoms with Crippen molar-refractivity contribution in [2.24, 2.45) is 5.41 Å². The highest BCUT2D eigenvalue weighted by molar-refractivity contribution is 8.84. The Kier molecular flexibility index (Phi) is 5.53. The Bertz CT molecular complexity index is 433. The Balaban J connectivity index is 3.00. The van der Waals surface area contributed by atoms with Gasteiger partial charge < -0.3 is 4.90 Å². The van der Waals surface area contributed by atoms with E-state index in [1.54, 1.807) is 12.3 Å². The Hall–Kier alpha value is -0.0200. The maximum atomic E-state index is 10.7. The molecule has 8 heteroatoms. The third-order valence-corrected chi connectivity index (χ3v) is 6.85. The van der Waals surface area contributed by atoms with E-state index in [0.29, 0.717) is 4.86 Å². The molecule has 0 aromatic carbocycles. The summed E-state index contributed by atoms with van der Waals surface area (Å²) in [6.07, 6.45) is 5.43. The van der Waals surface area contributed by atoms with E-state index in [1.807, 2.05) is 45.8 Å². The molecule has 0 amide bonds. The van der Waals surface area contributed by atoms with E-state index in [-0.39, 0.29) is 5.41 Å². The van der Waals surface area contributed by atoms with Gasteiger partial charge in [-0.25, -0.2) is 0 Å². The molecule has 0 bridgehead atoms. The SMILES string of the molecule is CN(C)/C=C/C1=S(O[Cl+3]([O-])([O-])[O-])SC(C(C)(C)C)=C1. The molecule has 0 aliphatic carbocycles. The van der Waals surface area contributed by atoms with E-state index >= 15 is 0 Å². The molecule has 0 saturated heterocycles. The van der Waals surface area contributed by atoms with Crippen molar-refractivity contribution in [2.45, 2.75) is 20.8 Å². The average Bonchev–Trinajstić information content (AvgIpc) is 2.54. The van der Waals surface area contributed by atoms with Crippen LogP contribution in [-0.2, 0) is 3.74 Å². The van der Waals surface area contributed by atoms with Gasteiger partial charge in [-0.2, -0.15) is 14.0 Å². The Morgan fingerprint density at radius 2 is 1.89 bits per heavy atom. The van der Waals surface area contributed by atoms with Crippen LogP contribution < -0.4 is 14.0 Å². The van der Waals surface area contributed by atoms with Crippen molar-refractivity contribution in [3.05, 3.63) is 23.3 Å². The number of hydrogen-bond acceptors (Lipinski definition) is 6. The molecule has 0 saturated carbocycles. The molecular weight excluding hydrogens is 310 g/mol. The van der Waals surface area contributed by atoms with Gasteiger partial charge >= 0.3 is 0 Å². The number of nitrogens with zero attached hydrogens (tertiary/aromatic N) is 1. The first-order chi connectivity index (χ1) is 8.49. The lowest BCUT2D eigenvalue weighted by atomic mass is 9.95. The summed E-state index contributed by atoms with van der Waals surface area (Å²) in [5.41, 5.74) is -0.115. The first-order valence-corrected chi connectivity index (χ1v) is 9.18. The summed E-state index contributed by atoms with van der Waals surface area (Å²) in [6.45, 7) is 6.07. The van der Waals surface area contributed by atoms with Crippen LogP contribution >= 0.6 is 20.6 Å². The molecule has 0 N–H and O–H groups in total. The lowest BCUT2D eigenvalue weighted by Crippen LogP contribution is -2.60. The molecule has 0 spiro atoms. The highest BCUT2D eigenvalue weighted by Gasteiger charge is 2.33. The van der Waals surface area contributed by atoms with E-state index in [4.69, 9.17) is 0 Å². The molecular formula is C11H18ClNO4S2. The zero-order valence-electron chi connectivity index (χ0n) is 11.5. The molecule has 0 radical (unpaired) electrons. The normalized spacial score (nSPS) is 21.2. The van der Waals surface area contributed by atoms with Crippen LogP contribution in [-0.4, -0.2) is 23.9 Å². The highest BCUT2D eigenvalue weighted by Crippen LogP contribution is 2.52. The van der Waals surface area contributed by atoms with Crippen LogP contribution in [0.5, 0.6) is 0 Å². The molecule has 0 fully saturated rings. The molecule has 1 atom stereocenters. The van der Waals surface area contributed by atoms with Gasteiger partial charge in [0, 0.05) is 19.0 Å². The molecule has 1 rings (SSSR count). The molecule has 1 aliphatic rings. The van der Waals surface area contributed by atoms with Crippen LogP contribution in [0.3, 0.4) is 0 Å². The Morgan fingerprint density at radius 3 is 2.32 bits per heavy atom. The minimum atomic E-state index is -4.43. The number of rotatable bonds is 4. The minimum Gasteiger partial charge on any atom is -0.383 e. The predicted molar refractivity (Wildman–Crippen MR) is 71.6 cm³/mol. The second kappa shape index (κ2) is 6.17. The largest absolute Gasteiger partial charge is 0.383 e. The molecule has 1 unspecified atom stereocenters. The summed E-state index contributed by atoms with van der Waals surface area (Å²) in [7, 11) is -0.550. The monoisotopic (exact) mass is 327 g/mol. The third-order valence-electron chi connectivity index (χ3n) is 2.04. The van der Waals surface area contributed by atoms with Crippen molar-refractivity contribution in [2.75, 3.05) is 14.1 Å². The summed E-state index contributed by atoms with van der Waals surface area (Å²) >= 11 is 0. The molecule has 0 aromatic rings. The van der Waals surface area contributed by atoms with Gasteiger partial charge in [-0.05, 0) is 34.6 Å². The Morgan fingerprint density at radius 1 is 1.32 bits per heavy atom. The number of allylic oxidation sites excluding steroid dienone is 3.